The summed E-state index contributed by atoms with van der Waals surface area (Å²) in [7, 11) is 1.74. The van der Waals surface area contributed by atoms with Gasteiger partial charge in [-0.2, -0.15) is 0 Å². The number of nitrogens with zero attached hydrogens (tertiary/aromatic N) is 2. The molecule has 1 atom stereocenters. The maximum atomic E-state index is 12.3. The van der Waals surface area contributed by atoms with Crippen LogP contribution in [-0.2, 0) is 16.0 Å². The molecule has 0 bridgehead atoms. The summed E-state index contributed by atoms with van der Waals surface area (Å²) in [6.45, 7) is 2.66. The van der Waals surface area contributed by atoms with Crippen LogP contribution in [0, 0.1) is 0 Å². The normalized spacial score (nSPS) is 17.7. The molecular formula is C14H21N3O3. The molecule has 0 saturated carbocycles. The fourth-order valence-corrected chi connectivity index (χ4v) is 2.21. The second-order valence-corrected chi connectivity index (χ2v) is 4.90. The zero-order valence-electron chi connectivity index (χ0n) is 11.7. The Bertz CT molecular complexity index is 443. The number of ether oxygens (including phenoxy) is 1. The Balaban J connectivity index is 1.92. The number of phenols is 1. The predicted octanol–water partition coefficient (Wildman–Crippen LogP) is -0.0324. The van der Waals surface area contributed by atoms with Crippen LogP contribution in [0.4, 0.5) is 0 Å². The molecule has 0 radical (unpaired) electrons. The number of hydrogen-bond donors (Lipinski definition) is 2. The number of benzene rings is 1. The molecule has 2 rings (SSSR count). The van der Waals surface area contributed by atoms with Crippen molar-refractivity contribution in [3.63, 3.8) is 0 Å². The van der Waals surface area contributed by atoms with E-state index >= 15 is 0 Å². The highest BCUT2D eigenvalue weighted by Crippen LogP contribution is 2.12. The van der Waals surface area contributed by atoms with Gasteiger partial charge in [-0.3, -0.25) is 9.80 Å². The van der Waals surface area contributed by atoms with Crippen LogP contribution in [0.1, 0.15) is 5.56 Å². The SMILES string of the molecule is CN(C(=O)[C@@H](N)Cc1ccc(O)cc1)N1CCOCC1. The number of amides is 1. The number of aromatic hydroxyl groups is 1. The molecule has 1 aromatic rings. The second kappa shape index (κ2) is 6.69. The molecule has 1 amide bonds. The van der Waals surface area contributed by atoms with Gasteiger partial charge in [0.15, 0.2) is 0 Å². The highest BCUT2D eigenvalue weighted by Gasteiger charge is 2.24. The van der Waals surface area contributed by atoms with Gasteiger partial charge in [-0.25, -0.2) is 5.01 Å². The van der Waals surface area contributed by atoms with Crippen LogP contribution >= 0.6 is 0 Å². The molecule has 1 saturated heterocycles. The average molecular weight is 279 g/mol. The van der Waals surface area contributed by atoms with Gasteiger partial charge in [0.25, 0.3) is 5.91 Å². The average Bonchev–Trinajstić information content (AvgIpc) is 2.49. The van der Waals surface area contributed by atoms with Crippen molar-refractivity contribution >= 4 is 5.91 Å². The Morgan fingerprint density at radius 2 is 2.00 bits per heavy atom. The Labute approximate surface area is 118 Å². The van der Waals surface area contributed by atoms with Gasteiger partial charge in [-0.1, -0.05) is 12.1 Å². The molecule has 0 spiro atoms. The fourth-order valence-electron chi connectivity index (χ4n) is 2.21. The summed E-state index contributed by atoms with van der Waals surface area (Å²) in [4.78, 5) is 12.3. The molecule has 6 nitrogen and oxygen atoms in total. The van der Waals surface area contributed by atoms with Gasteiger partial charge >= 0.3 is 0 Å². The Morgan fingerprint density at radius 1 is 1.40 bits per heavy atom. The lowest BCUT2D eigenvalue weighted by molar-refractivity contribution is -0.153. The van der Waals surface area contributed by atoms with E-state index in [-0.39, 0.29) is 11.7 Å². The third kappa shape index (κ3) is 3.69. The largest absolute Gasteiger partial charge is 0.508 e. The van der Waals surface area contributed by atoms with Crippen molar-refractivity contribution in [2.24, 2.45) is 5.73 Å². The van der Waals surface area contributed by atoms with Crippen molar-refractivity contribution in [1.82, 2.24) is 10.0 Å². The summed E-state index contributed by atoms with van der Waals surface area (Å²) in [6, 6.07) is 6.15. The zero-order chi connectivity index (χ0) is 14.5. The van der Waals surface area contributed by atoms with Crippen molar-refractivity contribution in [3.05, 3.63) is 29.8 Å². The quantitative estimate of drug-likeness (QED) is 0.809. The smallest absolute Gasteiger partial charge is 0.253 e. The van der Waals surface area contributed by atoms with Gasteiger partial charge in [-0.15, -0.1) is 0 Å². The van der Waals surface area contributed by atoms with Crippen LogP contribution in [0.25, 0.3) is 0 Å². The van der Waals surface area contributed by atoms with Gasteiger partial charge in [0.05, 0.1) is 19.3 Å². The van der Waals surface area contributed by atoms with Crippen molar-refractivity contribution in [3.8, 4) is 5.75 Å². The molecule has 1 aliphatic rings. The maximum absolute atomic E-state index is 12.3. The minimum atomic E-state index is -0.590. The van der Waals surface area contributed by atoms with E-state index < -0.39 is 6.04 Å². The number of carbonyl (C=O) groups excluding carboxylic acids is 1. The highest BCUT2D eigenvalue weighted by atomic mass is 16.5. The predicted molar refractivity (Wildman–Crippen MR) is 74.9 cm³/mol. The van der Waals surface area contributed by atoms with E-state index in [1.54, 1.807) is 36.3 Å². The zero-order valence-corrected chi connectivity index (χ0v) is 11.7. The van der Waals surface area contributed by atoms with Crippen LogP contribution in [0.5, 0.6) is 5.75 Å². The molecule has 3 N–H and O–H groups in total. The number of nitrogens with two attached hydrogens (primary N) is 1. The molecule has 0 unspecified atom stereocenters. The molecule has 1 aliphatic heterocycles. The second-order valence-electron chi connectivity index (χ2n) is 4.90. The minimum absolute atomic E-state index is 0.111. The fraction of sp³-hybridized carbons (Fsp3) is 0.500. The monoisotopic (exact) mass is 279 g/mol. The van der Waals surface area contributed by atoms with E-state index in [9.17, 15) is 9.90 Å². The standard InChI is InChI=1S/C14H21N3O3/c1-16(17-6-8-20-9-7-17)14(19)13(15)10-11-2-4-12(18)5-3-11/h2-5,13,18H,6-10,15H2,1H3/t13-/m0/s1. The first-order valence-corrected chi connectivity index (χ1v) is 6.71. The lowest BCUT2D eigenvalue weighted by Crippen LogP contribution is -2.54. The van der Waals surface area contributed by atoms with Gasteiger partial charge in [0.1, 0.15) is 5.75 Å². The van der Waals surface area contributed by atoms with Gasteiger partial charge in [-0.05, 0) is 24.1 Å². The number of hydrazine groups is 1. The van der Waals surface area contributed by atoms with Crippen molar-refractivity contribution in [2.75, 3.05) is 33.4 Å². The van der Waals surface area contributed by atoms with Crippen LogP contribution in [0.2, 0.25) is 0 Å². The lowest BCUT2D eigenvalue weighted by Gasteiger charge is -2.35. The first-order valence-electron chi connectivity index (χ1n) is 6.71. The summed E-state index contributed by atoms with van der Waals surface area (Å²) < 4.78 is 5.26. The topological polar surface area (TPSA) is 79.0 Å². The summed E-state index contributed by atoms with van der Waals surface area (Å²) in [5.74, 6) is 0.0963. The van der Waals surface area contributed by atoms with Gasteiger partial charge < -0.3 is 15.6 Å². The summed E-state index contributed by atoms with van der Waals surface area (Å²) in [5.41, 5.74) is 6.91. The van der Waals surface area contributed by atoms with Crippen LogP contribution in [-0.4, -0.2) is 60.4 Å². The van der Waals surface area contributed by atoms with E-state index in [0.717, 1.165) is 5.56 Å². The van der Waals surface area contributed by atoms with E-state index in [1.807, 2.05) is 5.01 Å². The number of morpholine rings is 1. The number of phenolic OH excluding ortho intramolecular Hbond substituents is 1. The Hall–Kier alpha value is -1.63. The molecule has 0 aromatic heterocycles. The minimum Gasteiger partial charge on any atom is -0.508 e. The summed E-state index contributed by atoms with van der Waals surface area (Å²) >= 11 is 0. The molecule has 1 heterocycles. The summed E-state index contributed by atoms with van der Waals surface area (Å²) in [5, 5.41) is 12.8. The van der Waals surface area contributed by atoms with Gasteiger partial charge in [0.2, 0.25) is 0 Å². The molecule has 1 aromatic carbocycles. The maximum Gasteiger partial charge on any atom is 0.253 e. The number of hydrogen-bond acceptors (Lipinski definition) is 5. The third-order valence-corrected chi connectivity index (χ3v) is 3.44. The van der Waals surface area contributed by atoms with Crippen molar-refractivity contribution in [2.45, 2.75) is 12.5 Å². The van der Waals surface area contributed by atoms with Crippen molar-refractivity contribution < 1.29 is 14.6 Å². The number of carbonyl (C=O) groups is 1. The number of likely N-dealkylation sites (N-methyl/N-ethyl adjacent to an activating group) is 1. The lowest BCUT2D eigenvalue weighted by atomic mass is 10.1. The highest BCUT2D eigenvalue weighted by molar-refractivity contribution is 5.81. The van der Waals surface area contributed by atoms with E-state index in [0.29, 0.717) is 32.7 Å². The molecule has 0 aliphatic carbocycles. The molecule has 1 fully saturated rings. The Morgan fingerprint density at radius 3 is 2.60 bits per heavy atom. The van der Waals surface area contributed by atoms with E-state index in [2.05, 4.69) is 0 Å². The van der Waals surface area contributed by atoms with E-state index in [1.165, 1.54) is 0 Å². The molecule has 6 heteroatoms. The van der Waals surface area contributed by atoms with E-state index in [4.69, 9.17) is 10.5 Å². The first-order chi connectivity index (χ1) is 9.58. The molecular weight excluding hydrogens is 258 g/mol. The van der Waals surface area contributed by atoms with Crippen LogP contribution < -0.4 is 5.73 Å². The number of rotatable bonds is 4. The third-order valence-electron chi connectivity index (χ3n) is 3.44. The van der Waals surface area contributed by atoms with Gasteiger partial charge in [0, 0.05) is 20.1 Å². The molecule has 20 heavy (non-hydrogen) atoms. The summed E-state index contributed by atoms with van der Waals surface area (Å²) in [6.07, 6.45) is 0.452. The van der Waals surface area contributed by atoms with Crippen molar-refractivity contribution in [1.29, 1.82) is 0 Å². The molecule has 110 valence electrons. The van der Waals surface area contributed by atoms with Crippen LogP contribution in [0.3, 0.4) is 0 Å². The van der Waals surface area contributed by atoms with Crippen LogP contribution in [0.15, 0.2) is 24.3 Å². The Kier molecular flexibility index (Phi) is 4.94. The first kappa shape index (κ1) is 14.8.